The second-order valence-electron chi connectivity index (χ2n) is 5.55. The molecule has 2 aliphatic rings. The van der Waals surface area contributed by atoms with Crippen LogP contribution in [0.15, 0.2) is 0 Å². The Hall–Kier alpha value is -0.370. The van der Waals surface area contributed by atoms with E-state index in [4.69, 9.17) is 5.73 Å². The number of hydrogen-bond acceptors (Lipinski definition) is 2. The summed E-state index contributed by atoms with van der Waals surface area (Å²) in [6.45, 7) is 2.05. The van der Waals surface area contributed by atoms with Crippen LogP contribution in [-0.4, -0.2) is 11.8 Å². The molecule has 0 aliphatic heterocycles. The highest BCUT2D eigenvalue weighted by Crippen LogP contribution is 2.49. The zero-order valence-corrected chi connectivity index (χ0v) is 9.74. The van der Waals surface area contributed by atoms with Gasteiger partial charge in [0.1, 0.15) is 5.78 Å². The SMILES string of the molecule is CCC(N)CC(=O)CC1CC2CCC1C2. The van der Waals surface area contributed by atoms with Crippen molar-refractivity contribution in [2.75, 3.05) is 0 Å². The van der Waals surface area contributed by atoms with Crippen molar-refractivity contribution in [3.8, 4) is 0 Å². The molecular weight excluding hydrogens is 186 g/mol. The molecule has 2 bridgehead atoms. The molecule has 0 amide bonds. The summed E-state index contributed by atoms with van der Waals surface area (Å²) in [6.07, 6.45) is 7.85. The third-order valence-corrected chi connectivity index (χ3v) is 4.39. The van der Waals surface area contributed by atoms with Crippen LogP contribution in [0, 0.1) is 17.8 Å². The van der Waals surface area contributed by atoms with E-state index in [0.29, 0.717) is 18.1 Å². The van der Waals surface area contributed by atoms with Crippen molar-refractivity contribution in [1.82, 2.24) is 0 Å². The zero-order chi connectivity index (χ0) is 10.8. The highest BCUT2D eigenvalue weighted by atomic mass is 16.1. The Morgan fingerprint density at radius 1 is 1.40 bits per heavy atom. The summed E-state index contributed by atoms with van der Waals surface area (Å²) in [5.74, 6) is 2.94. The van der Waals surface area contributed by atoms with Crippen LogP contribution in [0.5, 0.6) is 0 Å². The van der Waals surface area contributed by atoms with E-state index in [2.05, 4.69) is 6.92 Å². The molecule has 2 saturated carbocycles. The molecule has 0 saturated heterocycles. The molecule has 0 aromatic rings. The molecule has 0 heterocycles. The Kier molecular flexibility index (Phi) is 3.45. The van der Waals surface area contributed by atoms with Crippen molar-refractivity contribution in [2.45, 2.75) is 57.9 Å². The number of ketones is 1. The van der Waals surface area contributed by atoms with E-state index in [9.17, 15) is 4.79 Å². The second-order valence-corrected chi connectivity index (χ2v) is 5.55. The lowest BCUT2D eigenvalue weighted by Gasteiger charge is -2.21. The van der Waals surface area contributed by atoms with E-state index in [0.717, 1.165) is 24.7 Å². The van der Waals surface area contributed by atoms with Gasteiger partial charge in [-0.05, 0) is 43.4 Å². The highest BCUT2D eigenvalue weighted by Gasteiger charge is 2.39. The Morgan fingerprint density at radius 2 is 2.20 bits per heavy atom. The summed E-state index contributed by atoms with van der Waals surface area (Å²) < 4.78 is 0. The minimum Gasteiger partial charge on any atom is -0.327 e. The van der Waals surface area contributed by atoms with E-state index in [1.54, 1.807) is 0 Å². The lowest BCUT2D eigenvalue weighted by Crippen LogP contribution is -2.24. The summed E-state index contributed by atoms with van der Waals surface area (Å²) in [5, 5.41) is 0. The van der Waals surface area contributed by atoms with Gasteiger partial charge in [0.25, 0.3) is 0 Å². The van der Waals surface area contributed by atoms with Gasteiger partial charge in [0.15, 0.2) is 0 Å². The molecule has 2 nitrogen and oxygen atoms in total. The topological polar surface area (TPSA) is 43.1 Å². The molecular formula is C13H23NO. The van der Waals surface area contributed by atoms with Gasteiger partial charge in [-0.3, -0.25) is 4.79 Å². The van der Waals surface area contributed by atoms with Gasteiger partial charge in [0.05, 0.1) is 0 Å². The van der Waals surface area contributed by atoms with Crippen molar-refractivity contribution < 1.29 is 4.79 Å². The lowest BCUT2D eigenvalue weighted by atomic mass is 9.84. The molecule has 2 heteroatoms. The fourth-order valence-corrected chi connectivity index (χ4v) is 3.44. The van der Waals surface area contributed by atoms with Crippen LogP contribution in [0.4, 0.5) is 0 Å². The summed E-state index contributed by atoms with van der Waals surface area (Å²) in [4.78, 5) is 11.8. The molecule has 2 aliphatic carbocycles. The number of nitrogens with two attached hydrogens (primary N) is 1. The minimum absolute atomic E-state index is 0.0936. The fraction of sp³-hybridized carbons (Fsp3) is 0.923. The van der Waals surface area contributed by atoms with Gasteiger partial charge in [-0.25, -0.2) is 0 Å². The quantitative estimate of drug-likeness (QED) is 0.756. The van der Waals surface area contributed by atoms with Crippen LogP contribution >= 0.6 is 0 Å². The maximum Gasteiger partial charge on any atom is 0.134 e. The Labute approximate surface area is 92.6 Å². The molecule has 2 N–H and O–H groups in total. The van der Waals surface area contributed by atoms with Gasteiger partial charge in [0, 0.05) is 18.9 Å². The number of carbonyl (C=O) groups excluding carboxylic acids is 1. The van der Waals surface area contributed by atoms with Gasteiger partial charge in [0.2, 0.25) is 0 Å². The second kappa shape index (κ2) is 4.65. The van der Waals surface area contributed by atoms with E-state index >= 15 is 0 Å². The zero-order valence-electron chi connectivity index (χ0n) is 9.74. The van der Waals surface area contributed by atoms with Crippen molar-refractivity contribution in [3.63, 3.8) is 0 Å². The molecule has 0 radical (unpaired) electrons. The van der Waals surface area contributed by atoms with E-state index in [1.807, 2.05) is 0 Å². The van der Waals surface area contributed by atoms with Crippen molar-refractivity contribution in [1.29, 1.82) is 0 Å². The maximum absolute atomic E-state index is 11.8. The molecule has 15 heavy (non-hydrogen) atoms. The van der Waals surface area contributed by atoms with Crippen LogP contribution in [0.1, 0.15) is 51.9 Å². The van der Waals surface area contributed by atoms with Gasteiger partial charge >= 0.3 is 0 Å². The molecule has 0 aromatic carbocycles. The third kappa shape index (κ3) is 2.60. The predicted octanol–water partition coefficient (Wildman–Crippen LogP) is 2.51. The number of Topliss-reactive ketones (excluding diaryl/α,β-unsaturated/α-hetero) is 1. The summed E-state index contributed by atoms with van der Waals surface area (Å²) in [6, 6.07) is 0.0936. The Balaban J connectivity index is 1.75. The first-order valence-electron chi connectivity index (χ1n) is 6.46. The predicted molar refractivity (Wildman–Crippen MR) is 61.4 cm³/mol. The molecule has 4 atom stereocenters. The number of carbonyl (C=O) groups is 1. The van der Waals surface area contributed by atoms with Crippen LogP contribution in [0.3, 0.4) is 0 Å². The molecule has 2 fully saturated rings. The monoisotopic (exact) mass is 209 g/mol. The first-order chi connectivity index (χ1) is 7.19. The minimum atomic E-state index is 0.0936. The largest absolute Gasteiger partial charge is 0.327 e. The van der Waals surface area contributed by atoms with E-state index < -0.39 is 0 Å². The molecule has 2 rings (SSSR count). The van der Waals surface area contributed by atoms with E-state index in [-0.39, 0.29) is 6.04 Å². The van der Waals surface area contributed by atoms with Crippen molar-refractivity contribution in [2.24, 2.45) is 23.5 Å². The summed E-state index contributed by atoms with van der Waals surface area (Å²) in [5.41, 5.74) is 5.80. The van der Waals surface area contributed by atoms with Gasteiger partial charge in [-0.15, -0.1) is 0 Å². The average molecular weight is 209 g/mol. The third-order valence-electron chi connectivity index (χ3n) is 4.39. The number of hydrogen-bond donors (Lipinski definition) is 1. The summed E-state index contributed by atoms with van der Waals surface area (Å²) in [7, 11) is 0. The standard InChI is InChI=1S/C13H23NO/c1-2-12(14)8-13(15)7-11-6-9-3-4-10(11)5-9/h9-12H,2-8,14H2,1H3. The molecule has 86 valence electrons. The maximum atomic E-state index is 11.8. The molecule has 0 aromatic heterocycles. The number of fused-ring (bicyclic) bond motifs is 2. The van der Waals surface area contributed by atoms with Crippen LogP contribution < -0.4 is 5.73 Å². The highest BCUT2D eigenvalue weighted by molar-refractivity contribution is 5.79. The molecule has 4 unspecified atom stereocenters. The van der Waals surface area contributed by atoms with Crippen molar-refractivity contribution >= 4 is 5.78 Å². The first kappa shape index (κ1) is 11.1. The van der Waals surface area contributed by atoms with Crippen molar-refractivity contribution in [3.05, 3.63) is 0 Å². The normalized spacial score (nSPS) is 35.7. The Bertz CT molecular complexity index is 239. The van der Waals surface area contributed by atoms with Gasteiger partial charge < -0.3 is 5.73 Å². The van der Waals surface area contributed by atoms with Crippen LogP contribution in [0.25, 0.3) is 0 Å². The average Bonchev–Trinajstić information content (AvgIpc) is 2.78. The smallest absolute Gasteiger partial charge is 0.134 e. The Morgan fingerprint density at radius 3 is 2.73 bits per heavy atom. The van der Waals surface area contributed by atoms with E-state index in [1.165, 1.54) is 25.7 Å². The number of rotatable bonds is 5. The molecule has 0 spiro atoms. The first-order valence-corrected chi connectivity index (χ1v) is 6.46. The van der Waals surface area contributed by atoms with Gasteiger partial charge in [-0.1, -0.05) is 13.3 Å². The fourth-order valence-electron chi connectivity index (χ4n) is 3.44. The van der Waals surface area contributed by atoms with Crippen LogP contribution in [0.2, 0.25) is 0 Å². The lowest BCUT2D eigenvalue weighted by molar-refractivity contribution is -0.120. The van der Waals surface area contributed by atoms with Crippen LogP contribution in [-0.2, 0) is 4.79 Å². The summed E-state index contributed by atoms with van der Waals surface area (Å²) >= 11 is 0. The van der Waals surface area contributed by atoms with Gasteiger partial charge in [-0.2, -0.15) is 0 Å².